The van der Waals surface area contributed by atoms with E-state index in [0.29, 0.717) is 17.2 Å². The van der Waals surface area contributed by atoms with E-state index in [1.807, 2.05) is 0 Å². The van der Waals surface area contributed by atoms with E-state index in [-0.39, 0.29) is 21.4 Å². The van der Waals surface area contributed by atoms with Crippen molar-refractivity contribution in [1.82, 2.24) is 9.78 Å². The number of hydrogen-bond acceptors (Lipinski definition) is 2. The van der Waals surface area contributed by atoms with Crippen molar-refractivity contribution in [3.63, 3.8) is 0 Å². The lowest BCUT2D eigenvalue weighted by Crippen LogP contribution is -2.16. The Kier molecular flexibility index (Phi) is 4.74. The molecule has 25 heavy (non-hydrogen) atoms. The van der Waals surface area contributed by atoms with Gasteiger partial charge in [0.1, 0.15) is 17.5 Å². The predicted molar refractivity (Wildman–Crippen MR) is 92.6 cm³/mol. The van der Waals surface area contributed by atoms with E-state index < -0.39 is 11.7 Å². The SMILES string of the molecule is Cc1cc(NC(=O)c2cc(F)c(Cl)cc2Cl)n(-c2ccc(F)cc2)n1. The number of halogens is 4. The minimum atomic E-state index is -0.751. The van der Waals surface area contributed by atoms with Gasteiger partial charge in [0.15, 0.2) is 0 Å². The Morgan fingerprint density at radius 2 is 1.76 bits per heavy atom. The number of rotatable bonds is 3. The zero-order valence-corrected chi connectivity index (χ0v) is 14.4. The Morgan fingerprint density at radius 3 is 2.44 bits per heavy atom. The van der Waals surface area contributed by atoms with Gasteiger partial charge < -0.3 is 5.32 Å². The summed E-state index contributed by atoms with van der Waals surface area (Å²) in [6, 6.07) is 9.36. The average molecular weight is 382 g/mol. The van der Waals surface area contributed by atoms with Crippen LogP contribution in [0.25, 0.3) is 5.69 Å². The quantitative estimate of drug-likeness (QED) is 0.647. The minimum Gasteiger partial charge on any atom is -0.306 e. The highest BCUT2D eigenvalue weighted by Gasteiger charge is 2.17. The summed E-state index contributed by atoms with van der Waals surface area (Å²) in [5.41, 5.74) is 1.12. The number of anilines is 1. The third-order valence-electron chi connectivity index (χ3n) is 3.40. The lowest BCUT2D eigenvalue weighted by molar-refractivity contribution is 0.102. The molecule has 0 aliphatic heterocycles. The first-order valence-electron chi connectivity index (χ1n) is 7.13. The van der Waals surface area contributed by atoms with Gasteiger partial charge in [0.2, 0.25) is 0 Å². The fraction of sp³-hybridized carbons (Fsp3) is 0.0588. The van der Waals surface area contributed by atoms with Crippen molar-refractivity contribution in [3.05, 3.63) is 75.4 Å². The van der Waals surface area contributed by atoms with Crippen LogP contribution in [0.5, 0.6) is 0 Å². The Bertz CT molecular complexity index is 955. The molecule has 8 heteroatoms. The molecule has 0 aliphatic carbocycles. The third kappa shape index (κ3) is 3.65. The first kappa shape index (κ1) is 17.4. The molecule has 2 aromatic carbocycles. The molecule has 0 unspecified atom stereocenters. The van der Waals surface area contributed by atoms with Crippen LogP contribution in [0.2, 0.25) is 10.0 Å². The molecule has 0 aliphatic rings. The molecule has 0 bridgehead atoms. The molecule has 1 amide bonds. The predicted octanol–water partition coefficient (Wildman–Crippen LogP) is 5.02. The van der Waals surface area contributed by atoms with E-state index in [2.05, 4.69) is 10.4 Å². The number of carbonyl (C=O) groups is 1. The fourth-order valence-corrected chi connectivity index (χ4v) is 2.72. The molecule has 3 rings (SSSR count). The smallest absolute Gasteiger partial charge is 0.258 e. The van der Waals surface area contributed by atoms with Crippen LogP contribution >= 0.6 is 23.2 Å². The molecule has 0 radical (unpaired) electrons. The van der Waals surface area contributed by atoms with Crippen LogP contribution in [0, 0.1) is 18.6 Å². The highest BCUT2D eigenvalue weighted by molar-refractivity contribution is 6.37. The second kappa shape index (κ2) is 6.82. The van der Waals surface area contributed by atoms with Gasteiger partial charge in [-0.15, -0.1) is 0 Å². The summed E-state index contributed by atoms with van der Waals surface area (Å²) >= 11 is 11.6. The van der Waals surface area contributed by atoms with Crippen molar-refractivity contribution in [2.45, 2.75) is 6.92 Å². The summed E-state index contributed by atoms with van der Waals surface area (Å²) in [5, 5.41) is 6.73. The number of amides is 1. The number of aromatic nitrogens is 2. The van der Waals surface area contributed by atoms with Gasteiger partial charge in [-0.3, -0.25) is 4.79 Å². The molecule has 128 valence electrons. The Morgan fingerprint density at radius 1 is 1.08 bits per heavy atom. The van der Waals surface area contributed by atoms with E-state index in [1.54, 1.807) is 13.0 Å². The van der Waals surface area contributed by atoms with Gasteiger partial charge in [0, 0.05) is 6.07 Å². The zero-order chi connectivity index (χ0) is 18.1. The van der Waals surface area contributed by atoms with Crippen molar-refractivity contribution in [2.24, 2.45) is 0 Å². The van der Waals surface area contributed by atoms with Gasteiger partial charge in [-0.25, -0.2) is 13.5 Å². The first-order chi connectivity index (χ1) is 11.8. The molecule has 0 atom stereocenters. The van der Waals surface area contributed by atoms with Crippen molar-refractivity contribution in [2.75, 3.05) is 5.32 Å². The zero-order valence-electron chi connectivity index (χ0n) is 12.9. The number of nitrogens with zero attached hydrogens (tertiary/aromatic N) is 2. The van der Waals surface area contributed by atoms with Crippen LogP contribution in [-0.2, 0) is 0 Å². The van der Waals surface area contributed by atoms with Crippen LogP contribution in [0.4, 0.5) is 14.6 Å². The largest absolute Gasteiger partial charge is 0.306 e. The van der Waals surface area contributed by atoms with Crippen LogP contribution in [0.3, 0.4) is 0 Å². The molecule has 0 saturated carbocycles. The summed E-state index contributed by atoms with van der Waals surface area (Å²) in [4.78, 5) is 12.4. The molecule has 0 saturated heterocycles. The van der Waals surface area contributed by atoms with Crippen molar-refractivity contribution in [3.8, 4) is 5.69 Å². The molecular formula is C17H11Cl2F2N3O. The van der Waals surface area contributed by atoms with Crippen LogP contribution in [-0.4, -0.2) is 15.7 Å². The number of benzene rings is 2. The second-order valence-electron chi connectivity index (χ2n) is 5.26. The molecule has 4 nitrogen and oxygen atoms in total. The average Bonchev–Trinajstić information content (AvgIpc) is 2.92. The van der Waals surface area contributed by atoms with Gasteiger partial charge in [0.05, 0.1) is 27.0 Å². The normalized spacial score (nSPS) is 10.8. The Hall–Kier alpha value is -2.44. The monoisotopic (exact) mass is 381 g/mol. The molecule has 3 aromatic rings. The highest BCUT2D eigenvalue weighted by Crippen LogP contribution is 2.26. The van der Waals surface area contributed by atoms with Crippen molar-refractivity contribution in [1.29, 1.82) is 0 Å². The van der Waals surface area contributed by atoms with E-state index in [4.69, 9.17) is 23.2 Å². The van der Waals surface area contributed by atoms with Gasteiger partial charge >= 0.3 is 0 Å². The van der Waals surface area contributed by atoms with Crippen molar-refractivity contribution < 1.29 is 13.6 Å². The van der Waals surface area contributed by atoms with Gasteiger partial charge in [-0.2, -0.15) is 5.10 Å². The van der Waals surface area contributed by atoms with E-state index in [1.165, 1.54) is 28.9 Å². The molecule has 1 heterocycles. The summed E-state index contributed by atoms with van der Waals surface area (Å²) in [6.45, 7) is 1.74. The highest BCUT2D eigenvalue weighted by atomic mass is 35.5. The summed E-state index contributed by atoms with van der Waals surface area (Å²) < 4.78 is 28.2. The number of aryl methyl sites for hydroxylation is 1. The van der Waals surface area contributed by atoms with Crippen molar-refractivity contribution >= 4 is 34.9 Å². The number of hydrogen-bond donors (Lipinski definition) is 1. The summed E-state index contributed by atoms with van der Waals surface area (Å²) in [5.74, 6) is -1.43. The topological polar surface area (TPSA) is 46.9 Å². The molecule has 1 aromatic heterocycles. The van der Waals surface area contributed by atoms with Crippen LogP contribution < -0.4 is 5.32 Å². The molecule has 0 spiro atoms. The lowest BCUT2D eigenvalue weighted by Gasteiger charge is -2.10. The van der Waals surface area contributed by atoms with Gasteiger partial charge in [-0.1, -0.05) is 23.2 Å². The third-order valence-corrected chi connectivity index (χ3v) is 4.00. The standard InChI is InChI=1S/C17H11Cl2F2N3O/c1-9-6-16(24(23-9)11-4-2-10(20)3-5-11)22-17(25)12-7-15(21)14(19)8-13(12)18/h2-8H,1H3,(H,22,25). The minimum absolute atomic E-state index is 0.0217. The maximum Gasteiger partial charge on any atom is 0.258 e. The maximum atomic E-state index is 13.6. The van der Waals surface area contributed by atoms with Gasteiger partial charge in [-0.05, 0) is 43.3 Å². The first-order valence-corrected chi connectivity index (χ1v) is 7.89. The van der Waals surface area contributed by atoms with Gasteiger partial charge in [0.25, 0.3) is 5.91 Å². The van der Waals surface area contributed by atoms with Crippen LogP contribution in [0.15, 0.2) is 42.5 Å². The van der Waals surface area contributed by atoms with E-state index in [0.717, 1.165) is 12.1 Å². The summed E-state index contributed by atoms with van der Waals surface area (Å²) in [7, 11) is 0. The maximum absolute atomic E-state index is 13.6. The number of nitrogens with one attached hydrogen (secondary N) is 1. The molecule has 1 N–H and O–H groups in total. The lowest BCUT2D eigenvalue weighted by atomic mass is 10.2. The van der Waals surface area contributed by atoms with E-state index in [9.17, 15) is 13.6 Å². The number of carbonyl (C=O) groups excluding carboxylic acids is 1. The van der Waals surface area contributed by atoms with E-state index >= 15 is 0 Å². The summed E-state index contributed by atoms with van der Waals surface area (Å²) in [6.07, 6.45) is 0. The molecular weight excluding hydrogens is 371 g/mol. The Labute approximate surface area is 152 Å². The fourth-order valence-electron chi connectivity index (χ4n) is 2.25. The Balaban J connectivity index is 1.95. The second-order valence-corrected chi connectivity index (χ2v) is 6.07. The van der Waals surface area contributed by atoms with Crippen LogP contribution in [0.1, 0.15) is 16.1 Å². The molecule has 0 fully saturated rings.